The summed E-state index contributed by atoms with van der Waals surface area (Å²) in [7, 11) is 0. The summed E-state index contributed by atoms with van der Waals surface area (Å²) < 4.78 is 5.04. The molecule has 112 valence electrons. The fourth-order valence-corrected chi connectivity index (χ4v) is 2.05. The smallest absolute Gasteiger partial charge is 0.287 e. The largest absolute Gasteiger partial charge is 0.467 e. The third kappa shape index (κ3) is 2.75. The van der Waals surface area contributed by atoms with Gasteiger partial charge in [0.05, 0.1) is 23.7 Å². The topological polar surface area (TPSA) is 108 Å². The van der Waals surface area contributed by atoms with E-state index in [1.807, 2.05) is 0 Å². The standard InChI is InChI=1S/C15H13N3O4/c19-11(12-6-3-7-22-12)8-16-15(21)13-17-10-5-2-1-4-9(10)14(20)18-13/h1-7,11,19H,8H2,(H,16,21)(H,17,18,20). The summed E-state index contributed by atoms with van der Waals surface area (Å²) in [5.41, 5.74) is 0.0466. The number of para-hydroxylation sites is 1. The molecule has 3 rings (SSSR count). The quantitative estimate of drug-likeness (QED) is 0.665. The maximum atomic E-state index is 12.0. The number of rotatable bonds is 4. The van der Waals surface area contributed by atoms with E-state index in [0.717, 1.165) is 0 Å². The highest BCUT2D eigenvalue weighted by atomic mass is 16.4. The van der Waals surface area contributed by atoms with Crippen molar-refractivity contribution in [3.8, 4) is 0 Å². The number of aliphatic hydroxyl groups excluding tert-OH is 1. The van der Waals surface area contributed by atoms with E-state index in [4.69, 9.17) is 4.42 Å². The fraction of sp³-hybridized carbons (Fsp3) is 0.133. The minimum Gasteiger partial charge on any atom is -0.467 e. The van der Waals surface area contributed by atoms with Crippen LogP contribution in [0.15, 0.2) is 51.9 Å². The monoisotopic (exact) mass is 299 g/mol. The van der Waals surface area contributed by atoms with Crippen molar-refractivity contribution in [3.05, 3.63) is 64.6 Å². The summed E-state index contributed by atoms with van der Waals surface area (Å²) in [6, 6.07) is 9.98. The van der Waals surface area contributed by atoms with Gasteiger partial charge in [-0.3, -0.25) is 9.59 Å². The summed E-state index contributed by atoms with van der Waals surface area (Å²) in [5, 5.41) is 12.7. The van der Waals surface area contributed by atoms with E-state index in [2.05, 4.69) is 15.3 Å². The van der Waals surface area contributed by atoms with Crippen molar-refractivity contribution >= 4 is 16.8 Å². The Kier molecular flexibility index (Phi) is 3.71. The predicted octanol–water partition coefficient (Wildman–Crippen LogP) is 0.980. The Morgan fingerprint density at radius 1 is 1.32 bits per heavy atom. The van der Waals surface area contributed by atoms with Crippen LogP contribution >= 0.6 is 0 Å². The number of carbonyl (C=O) groups excluding carboxylic acids is 1. The second-order valence-corrected chi connectivity index (χ2v) is 4.67. The number of fused-ring (bicyclic) bond motifs is 1. The van der Waals surface area contributed by atoms with Crippen LogP contribution in [-0.4, -0.2) is 27.5 Å². The molecule has 1 amide bonds. The molecule has 3 N–H and O–H groups in total. The lowest BCUT2D eigenvalue weighted by atomic mass is 10.2. The van der Waals surface area contributed by atoms with Gasteiger partial charge in [-0.25, -0.2) is 4.98 Å². The summed E-state index contributed by atoms with van der Waals surface area (Å²) in [4.78, 5) is 30.4. The molecule has 0 fully saturated rings. The van der Waals surface area contributed by atoms with Crippen LogP contribution < -0.4 is 10.9 Å². The molecule has 0 aliphatic rings. The van der Waals surface area contributed by atoms with Crippen molar-refractivity contribution in [2.45, 2.75) is 6.10 Å². The zero-order chi connectivity index (χ0) is 15.5. The van der Waals surface area contributed by atoms with Crippen LogP contribution in [0.3, 0.4) is 0 Å². The maximum absolute atomic E-state index is 12.0. The molecule has 0 aliphatic carbocycles. The van der Waals surface area contributed by atoms with Crippen LogP contribution in [0.1, 0.15) is 22.5 Å². The fourth-order valence-electron chi connectivity index (χ4n) is 2.05. The Bertz CT molecular complexity index is 855. The first-order valence-corrected chi connectivity index (χ1v) is 6.64. The third-order valence-electron chi connectivity index (χ3n) is 3.16. The summed E-state index contributed by atoms with van der Waals surface area (Å²) in [6.07, 6.45) is 0.467. The number of benzene rings is 1. The number of hydrogen-bond donors (Lipinski definition) is 3. The van der Waals surface area contributed by atoms with E-state index in [1.54, 1.807) is 36.4 Å². The lowest BCUT2D eigenvalue weighted by molar-refractivity contribution is 0.0891. The van der Waals surface area contributed by atoms with Gasteiger partial charge in [-0.05, 0) is 24.3 Å². The Labute approximate surface area is 124 Å². The van der Waals surface area contributed by atoms with Gasteiger partial charge in [0, 0.05) is 0 Å². The lowest BCUT2D eigenvalue weighted by Gasteiger charge is -2.09. The van der Waals surface area contributed by atoms with E-state index >= 15 is 0 Å². The number of amides is 1. The number of H-pyrrole nitrogens is 1. The van der Waals surface area contributed by atoms with Crippen LogP contribution in [0.2, 0.25) is 0 Å². The molecule has 3 aromatic rings. The highest BCUT2D eigenvalue weighted by Gasteiger charge is 2.15. The van der Waals surface area contributed by atoms with E-state index in [9.17, 15) is 14.7 Å². The van der Waals surface area contributed by atoms with E-state index in [1.165, 1.54) is 6.26 Å². The normalized spacial score (nSPS) is 12.2. The maximum Gasteiger partial charge on any atom is 0.287 e. The molecule has 2 aromatic heterocycles. The van der Waals surface area contributed by atoms with E-state index in [0.29, 0.717) is 16.7 Å². The number of aromatic nitrogens is 2. The van der Waals surface area contributed by atoms with Gasteiger partial charge in [0.15, 0.2) is 5.82 Å². The molecule has 2 heterocycles. The van der Waals surface area contributed by atoms with Crippen molar-refractivity contribution in [1.82, 2.24) is 15.3 Å². The van der Waals surface area contributed by atoms with Gasteiger partial charge >= 0.3 is 0 Å². The number of aromatic amines is 1. The van der Waals surface area contributed by atoms with Crippen LogP contribution in [0.4, 0.5) is 0 Å². The van der Waals surface area contributed by atoms with Gasteiger partial charge in [-0.2, -0.15) is 0 Å². The van der Waals surface area contributed by atoms with Crippen LogP contribution in [-0.2, 0) is 0 Å². The molecule has 0 saturated carbocycles. The highest BCUT2D eigenvalue weighted by Crippen LogP contribution is 2.11. The van der Waals surface area contributed by atoms with Crippen molar-refractivity contribution < 1.29 is 14.3 Å². The van der Waals surface area contributed by atoms with E-state index < -0.39 is 12.0 Å². The molecule has 0 radical (unpaired) electrons. The molecule has 7 nitrogen and oxygen atoms in total. The molecule has 1 unspecified atom stereocenters. The number of nitrogens with zero attached hydrogens (tertiary/aromatic N) is 1. The third-order valence-corrected chi connectivity index (χ3v) is 3.16. The second-order valence-electron chi connectivity index (χ2n) is 4.67. The van der Waals surface area contributed by atoms with Gasteiger partial charge in [0.1, 0.15) is 11.9 Å². The Morgan fingerprint density at radius 2 is 2.14 bits per heavy atom. The molecular weight excluding hydrogens is 286 g/mol. The molecule has 1 atom stereocenters. The first-order chi connectivity index (χ1) is 10.6. The SMILES string of the molecule is O=C(NCC(O)c1ccco1)c1nc2ccccc2c(=O)[nH]1. The highest BCUT2D eigenvalue weighted by molar-refractivity contribution is 5.92. The van der Waals surface area contributed by atoms with E-state index in [-0.39, 0.29) is 17.9 Å². The van der Waals surface area contributed by atoms with Crippen LogP contribution in [0.25, 0.3) is 10.9 Å². The molecule has 7 heteroatoms. The summed E-state index contributed by atoms with van der Waals surface area (Å²) in [5.74, 6) is -0.330. The zero-order valence-electron chi connectivity index (χ0n) is 11.4. The van der Waals surface area contributed by atoms with Gasteiger partial charge in [0.2, 0.25) is 0 Å². The van der Waals surface area contributed by atoms with Crippen molar-refractivity contribution in [1.29, 1.82) is 0 Å². The van der Waals surface area contributed by atoms with Crippen LogP contribution in [0.5, 0.6) is 0 Å². The second kappa shape index (κ2) is 5.82. The molecule has 0 saturated heterocycles. The Balaban J connectivity index is 1.76. The predicted molar refractivity (Wildman–Crippen MR) is 78.4 cm³/mol. The number of aliphatic hydroxyl groups is 1. The Hall–Kier alpha value is -2.93. The zero-order valence-corrected chi connectivity index (χ0v) is 11.4. The van der Waals surface area contributed by atoms with Gasteiger partial charge in [0.25, 0.3) is 11.5 Å². The van der Waals surface area contributed by atoms with Crippen molar-refractivity contribution in [2.24, 2.45) is 0 Å². The minimum absolute atomic E-state index is 0.0527. The van der Waals surface area contributed by atoms with Gasteiger partial charge in [-0.15, -0.1) is 0 Å². The van der Waals surface area contributed by atoms with Gasteiger partial charge in [-0.1, -0.05) is 12.1 Å². The summed E-state index contributed by atoms with van der Waals surface area (Å²) in [6.45, 7) is -0.0527. The molecule has 0 spiro atoms. The average molecular weight is 299 g/mol. The van der Waals surface area contributed by atoms with Gasteiger partial charge < -0.3 is 19.8 Å². The molecule has 22 heavy (non-hydrogen) atoms. The molecule has 0 bridgehead atoms. The first kappa shape index (κ1) is 14.0. The minimum atomic E-state index is -0.967. The average Bonchev–Trinajstić information content (AvgIpc) is 3.06. The summed E-state index contributed by atoms with van der Waals surface area (Å²) >= 11 is 0. The molecular formula is C15H13N3O4. The first-order valence-electron chi connectivity index (χ1n) is 6.64. The van der Waals surface area contributed by atoms with Crippen molar-refractivity contribution in [3.63, 3.8) is 0 Å². The lowest BCUT2D eigenvalue weighted by Crippen LogP contribution is -2.31. The number of hydrogen-bond acceptors (Lipinski definition) is 5. The van der Waals surface area contributed by atoms with Crippen LogP contribution in [0, 0.1) is 0 Å². The number of nitrogens with one attached hydrogen (secondary N) is 2. The molecule has 0 aliphatic heterocycles. The van der Waals surface area contributed by atoms with Crippen molar-refractivity contribution in [2.75, 3.05) is 6.54 Å². The number of carbonyl (C=O) groups is 1. The number of furan rings is 1. The molecule has 1 aromatic carbocycles. The Morgan fingerprint density at radius 3 is 2.91 bits per heavy atom.